The maximum Gasteiger partial charge on any atom is 0.0929 e. The highest BCUT2D eigenvalue weighted by molar-refractivity contribution is 5.13. The van der Waals surface area contributed by atoms with E-state index >= 15 is 0 Å². The summed E-state index contributed by atoms with van der Waals surface area (Å²) in [6.45, 7) is 4.39. The lowest BCUT2D eigenvalue weighted by molar-refractivity contribution is -0.352. The molecule has 54 valence electrons. The second-order valence-corrected chi connectivity index (χ2v) is 1.72. The molecule has 1 heteroatoms. The van der Waals surface area contributed by atoms with Gasteiger partial charge in [-0.15, -0.1) is 0 Å². The van der Waals surface area contributed by atoms with Crippen LogP contribution in [0.15, 0.2) is 49.1 Å². The largest absolute Gasteiger partial charge is 0.354 e. The van der Waals surface area contributed by atoms with Crippen LogP contribution < -0.4 is 5.73 Å². The van der Waals surface area contributed by atoms with Gasteiger partial charge >= 0.3 is 0 Å². The second-order valence-electron chi connectivity index (χ2n) is 1.72. The minimum absolute atomic E-state index is 0.843. The molecule has 0 aliphatic heterocycles. The Morgan fingerprint density at radius 3 is 2.20 bits per heavy atom. The van der Waals surface area contributed by atoms with Gasteiger partial charge in [-0.1, -0.05) is 43.0 Å². The third-order valence-corrected chi connectivity index (χ3v) is 0.883. The van der Waals surface area contributed by atoms with Gasteiger partial charge in [0.25, 0.3) is 0 Å². The molecule has 0 aromatic rings. The summed E-state index contributed by atoms with van der Waals surface area (Å²) < 4.78 is 0. The molecule has 0 aliphatic carbocycles. The Bertz CT molecular complexity index is 152. The van der Waals surface area contributed by atoms with Gasteiger partial charge in [0.1, 0.15) is 0 Å². The van der Waals surface area contributed by atoms with Gasteiger partial charge < -0.3 is 5.73 Å². The minimum Gasteiger partial charge on any atom is -0.354 e. The molecule has 0 radical (unpaired) electrons. The van der Waals surface area contributed by atoms with Gasteiger partial charge in [-0.3, -0.25) is 0 Å². The third kappa shape index (κ3) is 6.92. The average molecular weight is 136 g/mol. The van der Waals surface area contributed by atoms with Crippen LogP contribution in [0, 0.1) is 0 Å². The maximum absolute atomic E-state index is 3.66. The zero-order chi connectivity index (χ0) is 7.66. The topological polar surface area (TPSA) is 27.6 Å². The van der Waals surface area contributed by atoms with Crippen LogP contribution in [-0.4, -0.2) is 6.54 Å². The zero-order valence-electron chi connectivity index (χ0n) is 6.16. The minimum atomic E-state index is 0.843. The van der Waals surface area contributed by atoms with Crippen molar-refractivity contribution in [2.45, 2.75) is 0 Å². The summed E-state index contributed by atoms with van der Waals surface area (Å²) in [4.78, 5) is 0. The van der Waals surface area contributed by atoms with E-state index < -0.39 is 0 Å². The van der Waals surface area contributed by atoms with E-state index in [1.807, 2.05) is 36.5 Å². The lowest BCUT2D eigenvalue weighted by Gasteiger charge is -1.72. The molecule has 0 fully saturated rings. The molecule has 1 nitrogen and oxygen atoms in total. The fourth-order valence-corrected chi connectivity index (χ4v) is 0.446. The van der Waals surface area contributed by atoms with E-state index in [-0.39, 0.29) is 0 Å². The van der Waals surface area contributed by atoms with E-state index in [4.69, 9.17) is 0 Å². The fourth-order valence-electron chi connectivity index (χ4n) is 0.446. The molecule has 0 amide bonds. The molecule has 0 atom stereocenters. The highest BCUT2D eigenvalue weighted by Crippen LogP contribution is 1.78. The maximum atomic E-state index is 3.66. The molecular formula is C9H14N+. The summed E-state index contributed by atoms with van der Waals surface area (Å²) in [5, 5.41) is 0. The van der Waals surface area contributed by atoms with Crippen molar-refractivity contribution in [3.8, 4) is 0 Å². The van der Waals surface area contributed by atoms with Gasteiger partial charge in [0.05, 0.1) is 6.54 Å². The van der Waals surface area contributed by atoms with Crippen LogP contribution in [0.5, 0.6) is 0 Å². The molecule has 0 aliphatic rings. The molecule has 0 rings (SSSR count). The van der Waals surface area contributed by atoms with Crippen LogP contribution in [0.4, 0.5) is 0 Å². The SMILES string of the molecule is C=C/C=C/C=C/C=C\C[NH3+]. The summed E-state index contributed by atoms with van der Waals surface area (Å²) in [6.07, 6.45) is 13.4. The molecule has 0 spiro atoms. The predicted molar refractivity (Wildman–Crippen MR) is 45.4 cm³/mol. The Morgan fingerprint density at radius 1 is 1.00 bits per heavy atom. The van der Waals surface area contributed by atoms with E-state index in [9.17, 15) is 0 Å². The number of allylic oxidation sites excluding steroid dienone is 6. The Morgan fingerprint density at radius 2 is 1.60 bits per heavy atom. The van der Waals surface area contributed by atoms with E-state index in [1.165, 1.54) is 0 Å². The van der Waals surface area contributed by atoms with Gasteiger partial charge in [0, 0.05) is 0 Å². The van der Waals surface area contributed by atoms with Crippen LogP contribution in [0.1, 0.15) is 0 Å². The van der Waals surface area contributed by atoms with Gasteiger partial charge in [-0.2, -0.15) is 0 Å². The van der Waals surface area contributed by atoms with Gasteiger partial charge in [0.2, 0.25) is 0 Å². The molecule has 0 bridgehead atoms. The van der Waals surface area contributed by atoms with Gasteiger partial charge in [0.15, 0.2) is 0 Å². The normalized spacial score (nSPS) is 12.1. The molecule has 0 unspecified atom stereocenters. The van der Waals surface area contributed by atoms with E-state index in [0.717, 1.165) is 6.54 Å². The Balaban J connectivity index is 3.46. The van der Waals surface area contributed by atoms with E-state index in [2.05, 4.69) is 12.3 Å². The molecule has 10 heavy (non-hydrogen) atoms. The van der Waals surface area contributed by atoms with Crippen molar-refractivity contribution in [2.24, 2.45) is 0 Å². The monoisotopic (exact) mass is 136 g/mol. The quantitative estimate of drug-likeness (QED) is 0.560. The van der Waals surface area contributed by atoms with Gasteiger partial charge in [-0.05, 0) is 6.08 Å². The van der Waals surface area contributed by atoms with Crippen molar-refractivity contribution in [1.82, 2.24) is 0 Å². The van der Waals surface area contributed by atoms with Crippen LogP contribution in [0.2, 0.25) is 0 Å². The predicted octanol–water partition coefficient (Wildman–Crippen LogP) is 1.08. The lowest BCUT2D eigenvalue weighted by Crippen LogP contribution is -2.49. The molecule has 0 aromatic heterocycles. The first-order valence-corrected chi connectivity index (χ1v) is 3.32. The fraction of sp³-hybridized carbons (Fsp3) is 0.111. The zero-order valence-corrected chi connectivity index (χ0v) is 6.16. The summed E-state index contributed by atoms with van der Waals surface area (Å²) in [7, 11) is 0. The van der Waals surface area contributed by atoms with E-state index in [0.29, 0.717) is 0 Å². The highest BCUT2D eigenvalue weighted by Gasteiger charge is 1.62. The van der Waals surface area contributed by atoms with Crippen LogP contribution in [-0.2, 0) is 0 Å². The molecule has 0 saturated carbocycles. The summed E-state index contributed by atoms with van der Waals surface area (Å²) in [5.74, 6) is 0. The molecule has 0 aromatic carbocycles. The Labute approximate surface area is 62.2 Å². The van der Waals surface area contributed by atoms with Crippen molar-refractivity contribution >= 4 is 0 Å². The summed E-state index contributed by atoms with van der Waals surface area (Å²) >= 11 is 0. The number of quaternary nitrogens is 1. The number of hydrogen-bond acceptors (Lipinski definition) is 0. The summed E-state index contributed by atoms with van der Waals surface area (Å²) in [5.41, 5.74) is 3.66. The van der Waals surface area contributed by atoms with Gasteiger partial charge in [-0.25, -0.2) is 0 Å². The highest BCUT2D eigenvalue weighted by atomic mass is 14.5. The van der Waals surface area contributed by atoms with Crippen molar-refractivity contribution in [2.75, 3.05) is 6.54 Å². The van der Waals surface area contributed by atoms with Crippen LogP contribution in [0.3, 0.4) is 0 Å². The van der Waals surface area contributed by atoms with Crippen molar-refractivity contribution in [3.05, 3.63) is 49.1 Å². The van der Waals surface area contributed by atoms with Crippen molar-refractivity contribution < 1.29 is 5.73 Å². The molecule has 0 heterocycles. The summed E-state index contributed by atoms with van der Waals surface area (Å²) in [6, 6.07) is 0. The molecule has 0 saturated heterocycles. The third-order valence-electron chi connectivity index (χ3n) is 0.883. The smallest absolute Gasteiger partial charge is 0.0929 e. The first-order valence-electron chi connectivity index (χ1n) is 3.32. The van der Waals surface area contributed by atoms with E-state index in [1.54, 1.807) is 6.08 Å². The van der Waals surface area contributed by atoms with Crippen LogP contribution in [0.25, 0.3) is 0 Å². The molecular weight excluding hydrogens is 122 g/mol. The lowest BCUT2D eigenvalue weighted by atomic mass is 10.4. The first kappa shape index (κ1) is 8.92. The average Bonchev–Trinajstić information content (AvgIpc) is 1.97. The number of hydrogen-bond donors (Lipinski definition) is 1. The Kier molecular flexibility index (Phi) is 7.06. The molecule has 3 N–H and O–H groups in total. The first-order chi connectivity index (χ1) is 4.91. The van der Waals surface area contributed by atoms with Crippen molar-refractivity contribution in [1.29, 1.82) is 0 Å². The van der Waals surface area contributed by atoms with Crippen molar-refractivity contribution in [3.63, 3.8) is 0 Å². The Hall–Kier alpha value is -1.08. The van der Waals surface area contributed by atoms with Crippen LogP contribution >= 0.6 is 0 Å². The standard InChI is InChI=1S/C9H13N/c1-2-3-4-5-6-7-8-9-10/h2-8H,1,9-10H2/p+1/b4-3+,6-5+,8-7-. The second kappa shape index (κ2) is 7.92. The number of rotatable bonds is 4.